The van der Waals surface area contributed by atoms with E-state index in [4.69, 9.17) is 9.72 Å². The van der Waals surface area contributed by atoms with Crippen molar-refractivity contribution in [2.24, 2.45) is 17.3 Å². The van der Waals surface area contributed by atoms with Gasteiger partial charge >= 0.3 is 12.3 Å². The number of benzene rings is 1. The van der Waals surface area contributed by atoms with Gasteiger partial charge in [-0.3, -0.25) is 38.5 Å². The maximum Gasteiger partial charge on any atom is 0.489 e. The number of thiazole rings is 1. The van der Waals surface area contributed by atoms with Gasteiger partial charge in [0.15, 0.2) is 0 Å². The molecule has 2 saturated heterocycles. The molecule has 4 aromatic rings. The molecule has 66 heavy (non-hydrogen) atoms. The quantitative estimate of drug-likeness (QED) is 0.157. The molecule has 14 nitrogen and oxygen atoms in total. The monoisotopic (exact) mass is 930 g/mol. The molecular weight excluding hydrogens is 874 g/mol. The van der Waals surface area contributed by atoms with Crippen LogP contribution in [0, 0.1) is 29.1 Å². The van der Waals surface area contributed by atoms with Crippen LogP contribution in [0.2, 0.25) is 0 Å². The molecule has 6 heterocycles. The fraction of sp³-hybridized carbons (Fsp3) is 0.521. The minimum absolute atomic E-state index is 0.0323. The number of cyclic esters (lactones) is 1. The molecule has 3 aliphatic heterocycles. The van der Waals surface area contributed by atoms with Crippen LogP contribution < -0.4 is 10.7 Å². The highest BCUT2D eigenvalue weighted by molar-refractivity contribution is 7.10. The van der Waals surface area contributed by atoms with Crippen molar-refractivity contribution >= 4 is 51.8 Å². The number of nitrogens with one attached hydrogen (secondary N) is 2. The first-order chi connectivity index (χ1) is 31.2. The Labute approximate surface area is 386 Å². The molecule has 4 atom stereocenters. The molecule has 352 valence electrons. The lowest BCUT2D eigenvalue weighted by molar-refractivity contribution is -0.199. The third-order valence-corrected chi connectivity index (χ3v) is 13.4. The van der Waals surface area contributed by atoms with Gasteiger partial charge in [0.25, 0.3) is 11.8 Å². The summed E-state index contributed by atoms with van der Waals surface area (Å²) in [5.74, 6) is 1.56. The number of aromatic nitrogens is 3. The first-order valence-electron chi connectivity index (χ1n) is 22.4. The van der Waals surface area contributed by atoms with Crippen LogP contribution in [-0.2, 0) is 47.9 Å². The number of likely N-dealkylation sites (tertiary alicyclic amines) is 1. The summed E-state index contributed by atoms with van der Waals surface area (Å²) in [7, 11) is 1.54. The number of esters is 1. The Kier molecular flexibility index (Phi) is 14.0. The molecule has 1 aromatic carbocycles. The molecule has 0 unspecified atom stereocenters. The summed E-state index contributed by atoms with van der Waals surface area (Å²) >= 11 is 1.23. The molecule has 2 fully saturated rings. The van der Waals surface area contributed by atoms with E-state index in [-0.39, 0.29) is 67.4 Å². The number of amides is 4. The van der Waals surface area contributed by atoms with E-state index in [9.17, 15) is 24.0 Å². The van der Waals surface area contributed by atoms with Crippen LogP contribution in [0.3, 0.4) is 0 Å². The van der Waals surface area contributed by atoms with Crippen molar-refractivity contribution in [3.63, 3.8) is 0 Å². The van der Waals surface area contributed by atoms with Crippen molar-refractivity contribution in [1.29, 1.82) is 0 Å². The highest BCUT2D eigenvalue weighted by Gasteiger charge is 2.42. The van der Waals surface area contributed by atoms with E-state index in [0.29, 0.717) is 68.8 Å². The standard InChI is InChI=1S/C48H57F3N8O6S/c1-9-12-39(60)57-20-17-30(24-57)44(62)56(8)41(28(4)5)43(61)54-35-22-38-53-36(25-66-38)29-15-16-37-32(21-29)33(42(59(37)48(49,50)51)31-13-10-18-52-40(31)27(2)3)23-47(6,7)26-65-46(64)34-14-11-19-58(55-34)45(35)63/h10,13,15-16,18,21,25,27-28,30,34-35,41,55H,11,14,17,19-20,22-24,26H2,1-8H3,(H,54,61)/t30-,34-,35-,41-/m0/s1. The minimum atomic E-state index is -4.82. The van der Waals surface area contributed by atoms with Gasteiger partial charge in [0.05, 0.1) is 40.1 Å². The molecule has 0 saturated carbocycles. The van der Waals surface area contributed by atoms with E-state index in [0.717, 1.165) is 0 Å². The van der Waals surface area contributed by atoms with Crippen molar-refractivity contribution in [1.82, 2.24) is 40.1 Å². The summed E-state index contributed by atoms with van der Waals surface area (Å²) in [6, 6.07) is 4.89. The average Bonchev–Trinajstić information content (AvgIpc) is 4.03. The largest absolute Gasteiger partial charge is 0.489 e. The van der Waals surface area contributed by atoms with Gasteiger partial charge in [-0.05, 0) is 80.2 Å². The van der Waals surface area contributed by atoms with Gasteiger partial charge in [-0.1, -0.05) is 53.5 Å². The van der Waals surface area contributed by atoms with Gasteiger partial charge in [0, 0.05) is 66.6 Å². The maximum atomic E-state index is 15.4. The lowest BCUT2D eigenvalue weighted by atomic mass is 9.84. The maximum absolute atomic E-state index is 15.4. The highest BCUT2D eigenvalue weighted by atomic mass is 32.1. The Morgan fingerprint density at radius 3 is 2.55 bits per heavy atom. The molecule has 6 bridgehead atoms. The van der Waals surface area contributed by atoms with Gasteiger partial charge < -0.3 is 19.9 Å². The van der Waals surface area contributed by atoms with Crippen molar-refractivity contribution in [2.45, 2.75) is 111 Å². The topological polar surface area (TPSA) is 159 Å². The first kappa shape index (κ1) is 48.1. The number of fused-ring (bicyclic) bond motifs is 6. The normalized spacial score (nSPS) is 20.7. The number of likely N-dealkylation sites (N-methyl/N-ethyl adjacent to an activating group) is 1. The second-order valence-electron chi connectivity index (χ2n) is 18.9. The first-order valence-corrected chi connectivity index (χ1v) is 23.2. The number of hydrazine groups is 1. The molecule has 2 N–H and O–H groups in total. The van der Waals surface area contributed by atoms with Gasteiger partial charge in [0.2, 0.25) is 11.8 Å². The number of rotatable bonds is 7. The van der Waals surface area contributed by atoms with Gasteiger partial charge in [-0.25, -0.2) is 10.4 Å². The Bertz CT molecular complexity index is 2590. The predicted molar refractivity (Wildman–Crippen MR) is 243 cm³/mol. The van der Waals surface area contributed by atoms with E-state index < -0.39 is 53.5 Å². The number of carbonyl (C=O) groups excluding carboxylic acids is 5. The fourth-order valence-corrected chi connectivity index (χ4v) is 10.2. The molecule has 0 spiro atoms. The van der Waals surface area contributed by atoms with Crippen molar-refractivity contribution in [3.05, 3.63) is 58.2 Å². The number of pyridine rings is 1. The number of halogens is 3. The summed E-state index contributed by atoms with van der Waals surface area (Å²) in [6.07, 6.45) is -2.03. The zero-order chi connectivity index (χ0) is 47.8. The lowest BCUT2D eigenvalue weighted by Gasteiger charge is -2.36. The summed E-state index contributed by atoms with van der Waals surface area (Å²) in [4.78, 5) is 81.4. The molecule has 0 aliphatic carbocycles. The zero-order valence-electron chi connectivity index (χ0n) is 38.5. The van der Waals surface area contributed by atoms with Crippen molar-refractivity contribution in [3.8, 4) is 34.4 Å². The molecule has 7 rings (SSSR count). The smallest absolute Gasteiger partial charge is 0.464 e. The van der Waals surface area contributed by atoms with Crippen LogP contribution in [0.4, 0.5) is 13.2 Å². The molecule has 4 amide bonds. The number of ether oxygens (including phenoxy) is 1. The fourth-order valence-electron chi connectivity index (χ4n) is 9.37. The number of alkyl halides is 3. The zero-order valence-corrected chi connectivity index (χ0v) is 39.4. The predicted octanol–water partition coefficient (Wildman–Crippen LogP) is 6.43. The van der Waals surface area contributed by atoms with Crippen LogP contribution in [0.1, 0.15) is 89.9 Å². The van der Waals surface area contributed by atoms with Gasteiger partial charge in [-0.2, -0.15) is 0 Å². The number of hydrogen-bond donors (Lipinski definition) is 2. The van der Waals surface area contributed by atoms with Crippen LogP contribution in [0.5, 0.6) is 0 Å². The van der Waals surface area contributed by atoms with E-state index in [1.807, 2.05) is 27.7 Å². The Morgan fingerprint density at radius 2 is 1.85 bits per heavy atom. The van der Waals surface area contributed by atoms with Crippen LogP contribution in [-0.4, -0.2) is 110 Å². The van der Waals surface area contributed by atoms with Crippen molar-refractivity contribution < 1.29 is 41.9 Å². The molecular formula is C48H57F3N8O6S. The number of carbonyl (C=O) groups is 5. The molecule has 0 radical (unpaired) electrons. The summed E-state index contributed by atoms with van der Waals surface area (Å²) < 4.78 is 52.7. The third kappa shape index (κ3) is 9.97. The summed E-state index contributed by atoms with van der Waals surface area (Å²) in [5, 5.41) is 6.82. The van der Waals surface area contributed by atoms with Crippen molar-refractivity contribution in [2.75, 3.05) is 33.3 Å². The Hall–Kier alpha value is -5.80. The van der Waals surface area contributed by atoms with Gasteiger partial charge in [0.1, 0.15) is 18.1 Å². The van der Waals surface area contributed by atoms with Crippen LogP contribution >= 0.6 is 11.3 Å². The number of nitrogens with zero attached hydrogens (tertiary/aromatic N) is 6. The third-order valence-electron chi connectivity index (χ3n) is 12.5. The van der Waals surface area contributed by atoms with E-state index in [1.165, 1.54) is 32.2 Å². The second-order valence-corrected chi connectivity index (χ2v) is 19.8. The SMILES string of the molecule is CC#CC(=O)N1CC[C@H](C(=O)N(C)[C@H](C(=O)N[C@H]2Cc3nc(cs3)-c3ccc4c(c3)c(c(-c3cccnc3C(C)C)n4C(F)(F)F)CC(C)(C)COC(=O)[C@@H]3CCCN(N3)C2=O)C(C)C)C1. The molecule has 3 aromatic heterocycles. The van der Waals surface area contributed by atoms with E-state index >= 15 is 13.2 Å². The molecule has 3 aliphatic rings. The van der Waals surface area contributed by atoms with E-state index in [2.05, 4.69) is 27.6 Å². The Balaban J connectivity index is 1.28. The highest BCUT2D eigenvalue weighted by Crippen LogP contribution is 2.45. The summed E-state index contributed by atoms with van der Waals surface area (Å²) in [6.45, 7) is 13.2. The minimum Gasteiger partial charge on any atom is -0.464 e. The molecule has 18 heteroatoms. The van der Waals surface area contributed by atoms with E-state index in [1.54, 1.807) is 63.7 Å². The number of hydrogen-bond acceptors (Lipinski definition) is 10. The average molecular weight is 931 g/mol. The second kappa shape index (κ2) is 19.2. The Morgan fingerprint density at radius 1 is 1.09 bits per heavy atom. The van der Waals surface area contributed by atoms with Crippen LogP contribution in [0.25, 0.3) is 33.4 Å². The lowest BCUT2D eigenvalue weighted by Crippen LogP contribution is -2.62. The summed E-state index contributed by atoms with van der Waals surface area (Å²) in [5.41, 5.74) is 4.35. The van der Waals surface area contributed by atoms with Crippen LogP contribution in [0.15, 0.2) is 41.9 Å². The van der Waals surface area contributed by atoms with Gasteiger partial charge in [-0.15, -0.1) is 24.5 Å².